The quantitative estimate of drug-likeness (QED) is 0.453. The van der Waals surface area contributed by atoms with Crippen LogP contribution >= 0.6 is 11.8 Å². The summed E-state index contributed by atoms with van der Waals surface area (Å²) < 4.78 is 0. The summed E-state index contributed by atoms with van der Waals surface area (Å²) in [7, 11) is 1.53. The normalized spacial score (nSPS) is 18.3. The van der Waals surface area contributed by atoms with E-state index in [0.717, 1.165) is 4.90 Å². The number of rotatable bonds is 7. The van der Waals surface area contributed by atoms with Crippen molar-refractivity contribution >= 4 is 35.4 Å². The van der Waals surface area contributed by atoms with Crippen LogP contribution in [0.5, 0.6) is 0 Å². The van der Waals surface area contributed by atoms with Gasteiger partial charge in [-0.3, -0.25) is 24.1 Å². The molecule has 1 aliphatic heterocycles. The molecule has 0 aromatic rings. The Morgan fingerprint density at radius 1 is 1.35 bits per heavy atom. The monoisotopic (exact) mass is 302 g/mol. The fourth-order valence-electron chi connectivity index (χ4n) is 1.61. The van der Waals surface area contributed by atoms with Crippen LogP contribution < -0.4 is 16.4 Å². The first kappa shape index (κ1) is 16.4. The molecule has 0 spiro atoms. The van der Waals surface area contributed by atoms with Gasteiger partial charge in [0, 0.05) is 20.1 Å². The van der Waals surface area contributed by atoms with Gasteiger partial charge in [-0.2, -0.15) is 0 Å². The SMILES string of the molecule is CNC(=O)CSCC(=O)NCCN1C(=O)CC(N)C1=O. The molecular weight excluding hydrogens is 284 g/mol. The van der Waals surface area contributed by atoms with Gasteiger partial charge in [0.15, 0.2) is 0 Å². The molecule has 9 heteroatoms. The van der Waals surface area contributed by atoms with E-state index in [9.17, 15) is 19.2 Å². The Bertz CT molecular complexity index is 415. The van der Waals surface area contributed by atoms with Crippen LogP contribution in [0.1, 0.15) is 6.42 Å². The summed E-state index contributed by atoms with van der Waals surface area (Å²) in [6.07, 6.45) is 0.0226. The smallest absolute Gasteiger partial charge is 0.246 e. The molecule has 1 atom stereocenters. The first-order valence-electron chi connectivity index (χ1n) is 6.10. The van der Waals surface area contributed by atoms with Crippen molar-refractivity contribution in [3.05, 3.63) is 0 Å². The predicted molar refractivity (Wildman–Crippen MR) is 73.7 cm³/mol. The molecule has 0 saturated carbocycles. The maximum atomic E-state index is 11.5. The number of amides is 4. The fourth-order valence-corrected chi connectivity index (χ4v) is 2.33. The first-order chi connectivity index (χ1) is 9.45. The summed E-state index contributed by atoms with van der Waals surface area (Å²) in [6, 6.07) is -0.763. The van der Waals surface area contributed by atoms with Crippen LogP contribution in [0.3, 0.4) is 0 Å². The Balaban J connectivity index is 2.17. The molecule has 0 radical (unpaired) electrons. The van der Waals surface area contributed by atoms with E-state index >= 15 is 0 Å². The minimum atomic E-state index is -0.763. The second-order valence-corrected chi connectivity index (χ2v) is 5.20. The lowest BCUT2D eigenvalue weighted by Crippen LogP contribution is -2.41. The highest BCUT2D eigenvalue weighted by Crippen LogP contribution is 2.09. The zero-order chi connectivity index (χ0) is 15.1. The third-order valence-corrected chi connectivity index (χ3v) is 3.61. The second-order valence-electron chi connectivity index (χ2n) is 4.21. The van der Waals surface area contributed by atoms with Gasteiger partial charge < -0.3 is 16.4 Å². The molecule has 20 heavy (non-hydrogen) atoms. The van der Waals surface area contributed by atoms with E-state index < -0.39 is 11.9 Å². The minimum absolute atomic E-state index is 0.0226. The molecule has 1 fully saturated rings. The molecular formula is C11H18N4O4S. The largest absolute Gasteiger partial charge is 0.358 e. The number of carbonyl (C=O) groups excluding carboxylic acids is 4. The molecule has 8 nitrogen and oxygen atoms in total. The lowest BCUT2D eigenvalue weighted by atomic mass is 10.3. The van der Waals surface area contributed by atoms with Crippen LogP contribution in [0.25, 0.3) is 0 Å². The summed E-state index contributed by atoms with van der Waals surface area (Å²) in [5.74, 6) is -0.757. The fraction of sp³-hybridized carbons (Fsp3) is 0.636. The highest BCUT2D eigenvalue weighted by molar-refractivity contribution is 8.00. The highest BCUT2D eigenvalue weighted by Gasteiger charge is 2.35. The maximum absolute atomic E-state index is 11.5. The van der Waals surface area contributed by atoms with E-state index in [1.807, 2.05) is 0 Å². The van der Waals surface area contributed by atoms with Gasteiger partial charge in [-0.1, -0.05) is 0 Å². The summed E-state index contributed by atoms with van der Waals surface area (Å²) in [5.41, 5.74) is 5.46. The molecule has 0 aromatic heterocycles. The van der Waals surface area contributed by atoms with Crippen molar-refractivity contribution < 1.29 is 19.2 Å². The lowest BCUT2D eigenvalue weighted by molar-refractivity contribution is -0.139. The summed E-state index contributed by atoms with van der Waals surface area (Å²) >= 11 is 1.19. The standard InChI is InChI=1S/C11H18N4O4S/c1-13-8(16)5-20-6-9(17)14-2-3-15-10(18)4-7(12)11(15)19/h7H,2-6,12H2,1H3,(H,13,16)(H,14,17). The number of nitrogens with one attached hydrogen (secondary N) is 2. The molecule has 1 heterocycles. The third kappa shape index (κ3) is 4.82. The molecule has 1 unspecified atom stereocenters. The van der Waals surface area contributed by atoms with Crippen molar-refractivity contribution in [1.82, 2.24) is 15.5 Å². The number of thioether (sulfide) groups is 1. The van der Waals surface area contributed by atoms with Crippen molar-refractivity contribution in [2.24, 2.45) is 5.73 Å². The van der Waals surface area contributed by atoms with Gasteiger partial charge in [0.2, 0.25) is 23.6 Å². The lowest BCUT2D eigenvalue weighted by Gasteiger charge is -2.14. The van der Waals surface area contributed by atoms with E-state index in [0.29, 0.717) is 0 Å². The number of carbonyl (C=O) groups is 4. The van der Waals surface area contributed by atoms with Crippen LogP contribution in [0.4, 0.5) is 0 Å². The van der Waals surface area contributed by atoms with Crippen molar-refractivity contribution in [2.45, 2.75) is 12.5 Å². The molecule has 4 N–H and O–H groups in total. The zero-order valence-corrected chi connectivity index (χ0v) is 12.0. The maximum Gasteiger partial charge on any atom is 0.246 e. The Labute approximate surface area is 120 Å². The van der Waals surface area contributed by atoms with Gasteiger partial charge in [-0.25, -0.2) is 0 Å². The van der Waals surface area contributed by atoms with Gasteiger partial charge in [0.1, 0.15) is 0 Å². The Hall–Kier alpha value is -1.61. The number of imide groups is 1. The summed E-state index contributed by atoms with van der Waals surface area (Å²) in [6.45, 7) is 0.306. The van der Waals surface area contributed by atoms with Crippen molar-refractivity contribution in [2.75, 3.05) is 31.6 Å². The Morgan fingerprint density at radius 3 is 2.55 bits per heavy atom. The van der Waals surface area contributed by atoms with Crippen molar-refractivity contribution in [1.29, 1.82) is 0 Å². The molecule has 1 aliphatic rings. The molecule has 112 valence electrons. The predicted octanol–water partition coefficient (Wildman–Crippen LogP) is -2.33. The molecule has 0 aliphatic carbocycles. The van der Waals surface area contributed by atoms with E-state index in [4.69, 9.17) is 5.73 Å². The molecule has 1 saturated heterocycles. The van der Waals surface area contributed by atoms with Crippen molar-refractivity contribution in [3.63, 3.8) is 0 Å². The van der Waals surface area contributed by atoms with Crippen molar-refractivity contribution in [3.8, 4) is 0 Å². The molecule has 1 rings (SSSR count). The Morgan fingerprint density at radius 2 is 2.00 bits per heavy atom. The van der Waals surface area contributed by atoms with E-state index in [1.165, 1.54) is 18.8 Å². The van der Waals surface area contributed by atoms with Crippen LogP contribution in [0, 0.1) is 0 Å². The topological polar surface area (TPSA) is 122 Å². The van der Waals surface area contributed by atoms with Gasteiger partial charge in [-0.05, 0) is 0 Å². The zero-order valence-electron chi connectivity index (χ0n) is 11.2. The number of nitrogens with two attached hydrogens (primary N) is 1. The van der Waals surface area contributed by atoms with Gasteiger partial charge in [0.25, 0.3) is 0 Å². The highest BCUT2D eigenvalue weighted by atomic mass is 32.2. The average molecular weight is 302 g/mol. The van der Waals surface area contributed by atoms with Crippen LogP contribution in [-0.2, 0) is 19.2 Å². The number of hydrogen-bond donors (Lipinski definition) is 3. The van der Waals surface area contributed by atoms with E-state index in [1.54, 1.807) is 0 Å². The van der Waals surface area contributed by atoms with E-state index in [2.05, 4.69) is 10.6 Å². The summed E-state index contributed by atoms with van der Waals surface area (Å²) in [4.78, 5) is 46.3. The van der Waals surface area contributed by atoms with Gasteiger partial charge >= 0.3 is 0 Å². The third-order valence-electron chi connectivity index (χ3n) is 2.68. The van der Waals surface area contributed by atoms with Crippen LogP contribution in [0.2, 0.25) is 0 Å². The summed E-state index contributed by atoms with van der Waals surface area (Å²) in [5, 5.41) is 5.03. The molecule has 0 bridgehead atoms. The van der Waals surface area contributed by atoms with E-state index in [-0.39, 0.29) is 48.7 Å². The first-order valence-corrected chi connectivity index (χ1v) is 7.26. The van der Waals surface area contributed by atoms with Gasteiger partial charge in [0.05, 0.1) is 24.0 Å². The second kappa shape index (κ2) is 7.85. The van der Waals surface area contributed by atoms with Gasteiger partial charge in [-0.15, -0.1) is 11.8 Å². The Kier molecular flexibility index (Phi) is 6.46. The number of likely N-dealkylation sites (tertiary alicyclic amines) is 1. The molecule has 0 aromatic carbocycles. The number of hydrogen-bond acceptors (Lipinski definition) is 6. The molecule has 4 amide bonds. The van der Waals surface area contributed by atoms with Crippen LogP contribution in [-0.4, -0.2) is 66.2 Å². The van der Waals surface area contributed by atoms with Crippen LogP contribution in [0.15, 0.2) is 0 Å². The average Bonchev–Trinajstić information content (AvgIpc) is 2.64. The number of nitrogens with zero attached hydrogens (tertiary/aromatic N) is 1. The minimum Gasteiger partial charge on any atom is -0.358 e.